The van der Waals surface area contributed by atoms with Crippen LogP contribution in [0.3, 0.4) is 0 Å². The van der Waals surface area contributed by atoms with Gasteiger partial charge in [0.2, 0.25) is 0 Å². The molecule has 1 heterocycles. The number of rotatable bonds is 5. The highest BCUT2D eigenvalue weighted by Crippen LogP contribution is 2.14. The second kappa shape index (κ2) is 6.11. The molecule has 0 aliphatic heterocycles. The van der Waals surface area contributed by atoms with Gasteiger partial charge < -0.3 is 5.73 Å². The maximum absolute atomic E-state index is 5.52. The Kier molecular flexibility index (Phi) is 5.07. The molecule has 0 radical (unpaired) electrons. The van der Waals surface area contributed by atoms with E-state index in [2.05, 4.69) is 32.7 Å². The fraction of sp³-hybridized carbons (Fsp3) is 0.500. The average Bonchev–Trinajstić information content (AvgIpc) is 2.20. The SMILES string of the molecule is CCN(CCN)Cc1ncccc1Br. The molecular formula is C10H16BrN3. The van der Waals surface area contributed by atoms with Crippen LogP contribution in [0.4, 0.5) is 0 Å². The van der Waals surface area contributed by atoms with E-state index in [0.29, 0.717) is 6.54 Å². The van der Waals surface area contributed by atoms with Gasteiger partial charge >= 0.3 is 0 Å². The molecule has 0 fully saturated rings. The first kappa shape index (κ1) is 11.6. The summed E-state index contributed by atoms with van der Waals surface area (Å²) in [6.07, 6.45) is 1.82. The Hall–Kier alpha value is -0.450. The van der Waals surface area contributed by atoms with Crippen LogP contribution in [0, 0.1) is 0 Å². The molecule has 1 aromatic heterocycles. The number of pyridine rings is 1. The second-order valence-electron chi connectivity index (χ2n) is 3.09. The van der Waals surface area contributed by atoms with Crippen molar-refractivity contribution in [3.8, 4) is 0 Å². The molecule has 0 saturated carbocycles. The molecule has 0 atom stereocenters. The highest BCUT2D eigenvalue weighted by Gasteiger charge is 2.05. The minimum absolute atomic E-state index is 0.693. The summed E-state index contributed by atoms with van der Waals surface area (Å²) < 4.78 is 1.07. The third-order valence-corrected chi connectivity index (χ3v) is 2.82. The zero-order chi connectivity index (χ0) is 10.4. The lowest BCUT2D eigenvalue weighted by atomic mass is 10.3. The van der Waals surface area contributed by atoms with Gasteiger partial charge in [0.05, 0.1) is 5.69 Å². The van der Waals surface area contributed by atoms with Crippen LogP contribution in [0.25, 0.3) is 0 Å². The molecule has 0 saturated heterocycles. The topological polar surface area (TPSA) is 42.1 Å². The molecule has 0 spiro atoms. The van der Waals surface area contributed by atoms with E-state index in [-0.39, 0.29) is 0 Å². The molecule has 0 aliphatic carbocycles. The van der Waals surface area contributed by atoms with Crippen molar-refractivity contribution in [2.24, 2.45) is 5.73 Å². The molecule has 2 N–H and O–H groups in total. The molecule has 1 rings (SSSR count). The molecule has 0 aromatic carbocycles. The van der Waals surface area contributed by atoms with E-state index in [1.807, 2.05) is 18.3 Å². The number of hydrogen-bond donors (Lipinski definition) is 1. The van der Waals surface area contributed by atoms with Crippen LogP contribution in [0.15, 0.2) is 22.8 Å². The zero-order valence-electron chi connectivity index (χ0n) is 8.41. The van der Waals surface area contributed by atoms with E-state index in [4.69, 9.17) is 5.73 Å². The average molecular weight is 258 g/mol. The number of nitrogens with zero attached hydrogens (tertiary/aromatic N) is 2. The van der Waals surface area contributed by atoms with Crippen LogP contribution in [-0.4, -0.2) is 29.5 Å². The molecule has 0 amide bonds. The number of halogens is 1. The van der Waals surface area contributed by atoms with Crippen LogP contribution in [-0.2, 0) is 6.54 Å². The van der Waals surface area contributed by atoms with Crippen molar-refractivity contribution in [3.63, 3.8) is 0 Å². The Morgan fingerprint density at radius 3 is 2.93 bits per heavy atom. The normalized spacial score (nSPS) is 10.9. The smallest absolute Gasteiger partial charge is 0.0685 e. The van der Waals surface area contributed by atoms with Crippen molar-refractivity contribution < 1.29 is 0 Å². The summed E-state index contributed by atoms with van der Waals surface area (Å²) in [6, 6.07) is 3.94. The summed E-state index contributed by atoms with van der Waals surface area (Å²) in [4.78, 5) is 6.59. The van der Waals surface area contributed by atoms with Crippen molar-refractivity contribution in [1.29, 1.82) is 0 Å². The van der Waals surface area contributed by atoms with Crippen molar-refractivity contribution in [2.75, 3.05) is 19.6 Å². The van der Waals surface area contributed by atoms with Gasteiger partial charge in [-0.15, -0.1) is 0 Å². The van der Waals surface area contributed by atoms with Crippen LogP contribution < -0.4 is 5.73 Å². The molecule has 1 aromatic rings. The maximum atomic E-state index is 5.52. The van der Waals surface area contributed by atoms with Gasteiger partial charge in [0.25, 0.3) is 0 Å². The standard InChI is InChI=1S/C10H16BrN3/c1-2-14(7-5-12)8-10-9(11)4-3-6-13-10/h3-4,6H,2,5,7-8,12H2,1H3. The fourth-order valence-corrected chi connectivity index (χ4v) is 1.66. The highest BCUT2D eigenvalue weighted by atomic mass is 79.9. The summed E-state index contributed by atoms with van der Waals surface area (Å²) in [5.41, 5.74) is 6.59. The van der Waals surface area contributed by atoms with Gasteiger partial charge in [0.1, 0.15) is 0 Å². The first-order valence-electron chi connectivity index (χ1n) is 4.79. The number of nitrogens with two attached hydrogens (primary N) is 1. The molecular weight excluding hydrogens is 242 g/mol. The largest absolute Gasteiger partial charge is 0.329 e. The van der Waals surface area contributed by atoms with Crippen LogP contribution in [0.5, 0.6) is 0 Å². The van der Waals surface area contributed by atoms with Crippen molar-refractivity contribution in [2.45, 2.75) is 13.5 Å². The first-order valence-corrected chi connectivity index (χ1v) is 5.59. The van der Waals surface area contributed by atoms with E-state index < -0.39 is 0 Å². The Labute approximate surface area is 93.4 Å². The van der Waals surface area contributed by atoms with Crippen LogP contribution in [0.1, 0.15) is 12.6 Å². The Balaban J connectivity index is 2.62. The fourth-order valence-electron chi connectivity index (χ4n) is 1.28. The van der Waals surface area contributed by atoms with Gasteiger partial charge in [-0.1, -0.05) is 6.92 Å². The lowest BCUT2D eigenvalue weighted by Crippen LogP contribution is -2.29. The summed E-state index contributed by atoms with van der Waals surface area (Å²) in [6.45, 7) is 5.60. The molecule has 4 heteroatoms. The van der Waals surface area contributed by atoms with E-state index >= 15 is 0 Å². The lowest BCUT2D eigenvalue weighted by Gasteiger charge is -2.19. The summed E-state index contributed by atoms with van der Waals surface area (Å²) in [7, 11) is 0. The first-order chi connectivity index (χ1) is 6.77. The third-order valence-electron chi connectivity index (χ3n) is 2.10. The van der Waals surface area contributed by atoms with Crippen LogP contribution in [0.2, 0.25) is 0 Å². The van der Waals surface area contributed by atoms with Gasteiger partial charge in [-0.2, -0.15) is 0 Å². The van der Waals surface area contributed by atoms with Gasteiger partial charge in [-0.3, -0.25) is 9.88 Å². The molecule has 78 valence electrons. The van der Waals surface area contributed by atoms with Gasteiger partial charge in [0.15, 0.2) is 0 Å². The zero-order valence-corrected chi connectivity index (χ0v) is 10.00. The van der Waals surface area contributed by atoms with Gasteiger partial charge in [-0.25, -0.2) is 0 Å². The Morgan fingerprint density at radius 1 is 1.57 bits per heavy atom. The summed E-state index contributed by atoms with van der Waals surface area (Å²) >= 11 is 3.48. The van der Waals surface area contributed by atoms with Crippen molar-refractivity contribution in [1.82, 2.24) is 9.88 Å². The monoisotopic (exact) mass is 257 g/mol. The van der Waals surface area contributed by atoms with E-state index in [1.165, 1.54) is 0 Å². The predicted molar refractivity (Wildman–Crippen MR) is 61.9 cm³/mol. The predicted octanol–water partition coefficient (Wildman–Crippen LogP) is 1.62. The van der Waals surface area contributed by atoms with Crippen molar-refractivity contribution in [3.05, 3.63) is 28.5 Å². The summed E-state index contributed by atoms with van der Waals surface area (Å²) in [5, 5.41) is 0. The van der Waals surface area contributed by atoms with E-state index in [9.17, 15) is 0 Å². The third kappa shape index (κ3) is 3.36. The second-order valence-corrected chi connectivity index (χ2v) is 3.94. The molecule has 3 nitrogen and oxygen atoms in total. The number of likely N-dealkylation sites (N-methyl/N-ethyl adjacent to an activating group) is 1. The molecule has 0 bridgehead atoms. The highest BCUT2D eigenvalue weighted by molar-refractivity contribution is 9.10. The number of hydrogen-bond acceptors (Lipinski definition) is 3. The van der Waals surface area contributed by atoms with Crippen LogP contribution >= 0.6 is 15.9 Å². The van der Waals surface area contributed by atoms with Gasteiger partial charge in [0, 0.05) is 30.3 Å². The minimum atomic E-state index is 0.693. The summed E-state index contributed by atoms with van der Waals surface area (Å²) in [5.74, 6) is 0. The van der Waals surface area contributed by atoms with Crippen molar-refractivity contribution >= 4 is 15.9 Å². The van der Waals surface area contributed by atoms with E-state index in [0.717, 1.165) is 29.8 Å². The van der Waals surface area contributed by atoms with Gasteiger partial charge in [-0.05, 0) is 34.6 Å². The lowest BCUT2D eigenvalue weighted by molar-refractivity contribution is 0.284. The molecule has 14 heavy (non-hydrogen) atoms. The Bertz CT molecular complexity index is 278. The van der Waals surface area contributed by atoms with E-state index in [1.54, 1.807) is 0 Å². The Morgan fingerprint density at radius 2 is 2.36 bits per heavy atom. The maximum Gasteiger partial charge on any atom is 0.0685 e. The minimum Gasteiger partial charge on any atom is -0.329 e. The number of aromatic nitrogens is 1. The molecule has 0 aliphatic rings. The molecule has 0 unspecified atom stereocenters. The quantitative estimate of drug-likeness (QED) is 0.872.